The molecule has 0 fully saturated rings. The number of anilines is 1. The number of carboxylic acids is 1. The number of nitrogens with two attached hydrogens (primary N) is 1. The fourth-order valence-electron chi connectivity index (χ4n) is 1.14. The van der Waals surface area contributed by atoms with Gasteiger partial charge in [0.1, 0.15) is 6.04 Å². The number of rotatable bonds is 5. The zero-order valence-corrected chi connectivity index (χ0v) is 8.01. The minimum atomic E-state index is -1.10. The number of carbonyl (C=O) groups excluding carboxylic acids is 1. The average Bonchev–Trinajstić information content (AvgIpc) is 2.17. The summed E-state index contributed by atoms with van der Waals surface area (Å²) in [4.78, 5) is 21.4. The molecule has 80 valence electrons. The molecule has 5 heteroatoms. The molecule has 0 spiro atoms. The van der Waals surface area contributed by atoms with Crippen molar-refractivity contribution in [2.75, 3.05) is 5.32 Å². The first-order chi connectivity index (χ1) is 7.09. The van der Waals surface area contributed by atoms with Crippen molar-refractivity contribution in [2.45, 2.75) is 12.5 Å². The third-order valence-electron chi connectivity index (χ3n) is 1.82. The largest absolute Gasteiger partial charge is 0.480 e. The standard InChI is InChI=1S/C10H12N2O3/c11-9(13)6-8(10(14)15)12-7-4-2-1-3-5-7/h1-5,8,12H,6H2,(H2,11,13)(H,14,15). The summed E-state index contributed by atoms with van der Waals surface area (Å²) < 4.78 is 0. The number of hydrogen-bond acceptors (Lipinski definition) is 3. The topological polar surface area (TPSA) is 92.4 Å². The van der Waals surface area contributed by atoms with E-state index in [2.05, 4.69) is 5.32 Å². The molecular weight excluding hydrogens is 196 g/mol. The van der Waals surface area contributed by atoms with Gasteiger partial charge in [0.15, 0.2) is 0 Å². The molecule has 0 bridgehead atoms. The Morgan fingerprint density at radius 2 is 1.93 bits per heavy atom. The second-order valence-electron chi connectivity index (χ2n) is 3.07. The van der Waals surface area contributed by atoms with Gasteiger partial charge in [-0.1, -0.05) is 18.2 Å². The lowest BCUT2D eigenvalue weighted by Crippen LogP contribution is -2.33. The highest BCUT2D eigenvalue weighted by Gasteiger charge is 2.19. The van der Waals surface area contributed by atoms with Gasteiger partial charge in [-0.25, -0.2) is 4.79 Å². The van der Waals surface area contributed by atoms with Crippen molar-refractivity contribution in [1.29, 1.82) is 0 Å². The van der Waals surface area contributed by atoms with Crippen LogP contribution in [-0.2, 0) is 9.59 Å². The van der Waals surface area contributed by atoms with Gasteiger partial charge in [-0.15, -0.1) is 0 Å². The maximum absolute atomic E-state index is 10.8. The summed E-state index contributed by atoms with van der Waals surface area (Å²) in [6.45, 7) is 0. The van der Waals surface area contributed by atoms with Gasteiger partial charge >= 0.3 is 5.97 Å². The summed E-state index contributed by atoms with van der Waals surface area (Å²) in [5.41, 5.74) is 5.59. The lowest BCUT2D eigenvalue weighted by Gasteiger charge is -2.13. The molecule has 0 aliphatic rings. The van der Waals surface area contributed by atoms with Crippen molar-refractivity contribution < 1.29 is 14.7 Å². The highest BCUT2D eigenvalue weighted by atomic mass is 16.4. The van der Waals surface area contributed by atoms with Crippen LogP contribution in [0.25, 0.3) is 0 Å². The van der Waals surface area contributed by atoms with E-state index in [4.69, 9.17) is 10.8 Å². The monoisotopic (exact) mass is 208 g/mol. The molecule has 1 unspecified atom stereocenters. The Kier molecular flexibility index (Phi) is 3.68. The molecule has 0 radical (unpaired) electrons. The first-order valence-electron chi connectivity index (χ1n) is 4.42. The Morgan fingerprint density at radius 1 is 1.33 bits per heavy atom. The Morgan fingerprint density at radius 3 is 2.40 bits per heavy atom. The molecule has 1 rings (SSSR count). The number of carboxylic acid groups (broad SMARTS) is 1. The second kappa shape index (κ2) is 4.99. The van der Waals surface area contributed by atoms with Gasteiger partial charge in [-0.3, -0.25) is 4.79 Å². The van der Waals surface area contributed by atoms with Crippen LogP contribution in [0.3, 0.4) is 0 Å². The zero-order chi connectivity index (χ0) is 11.3. The molecule has 0 saturated heterocycles. The van der Waals surface area contributed by atoms with Crippen LogP contribution in [0.15, 0.2) is 30.3 Å². The van der Waals surface area contributed by atoms with Gasteiger partial charge in [0.25, 0.3) is 0 Å². The van der Waals surface area contributed by atoms with E-state index in [1.54, 1.807) is 24.3 Å². The number of nitrogens with one attached hydrogen (secondary N) is 1. The molecule has 4 N–H and O–H groups in total. The van der Waals surface area contributed by atoms with Crippen LogP contribution in [0.4, 0.5) is 5.69 Å². The summed E-state index contributed by atoms with van der Waals surface area (Å²) in [6, 6.07) is 7.81. The number of benzene rings is 1. The minimum absolute atomic E-state index is 0.232. The highest BCUT2D eigenvalue weighted by Crippen LogP contribution is 2.08. The predicted octanol–water partition coefficient (Wildman–Crippen LogP) is 0.427. The number of carbonyl (C=O) groups is 2. The van der Waals surface area contributed by atoms with Crippen molar-refractivity contribution in [3.05, 3.63) is 30.3 Å². The van der Waals surface area contributed by atoms with Crippen LogP contribution >= 0.6 is 0 Å². The maximum atomic E-state index is 10.8. The Labute approximate surface area is 86.9 Å². The fourth-order valence-corrected chi connectivity index (χ4v) is 1.14. The number of primary amides is 1. The maximum Gasteiger partial charge on any atom is 0.326 e. The van der Waals surface area contributed by atoms with Gasteiger partial charge in [0.2, 0.25) is 5.91 Å². The quantitative estimate of drug-likeness (QED) is 0.654. The first kappa shape index (κ1) is 11.0. The van der Waals surface area contributed by atoms with Gasteiger partial charge in [0.05, 0.1) is 6.42 Å². The summed E-state index contributed by atoms with van der Waals surface area (Å²) in [7, 11) is 0. The molecule has 1 amide bonds. The highest BCUT2D eigenvalue weighted by molar-refractivity contribution is 5.85. The second-order valence-corrected chi connectivity index (χ2v) is 3.07. The van der Waals surface area contributed by atoms with E-state index in [1.807, 2.05) is 6.07 Å². The molecule has 15 heavy (non-hydrogen) atoms. The predicted molar refractivity (Wildman–Crippen MR) is 55.3 cm³/mol. The van der Waals surface area contributed by atoms with E-state index in [9.17, 15) is 9.59 Å². The first-order valence-corrected chi connectivity index (χ1v) is 4.42. The molecule has 1 atom stereocenters. The Hall–Kier alpha value is -2.04. The van der Waals surface area contributed by atoms with Crippen LogP contribution in [-0.4, -0.2) is 23.0 Å². The van der Waals surface area contributed by atoms with Crippen LogP contribution in [0.1, 0.15) is 6.42 Å². The molecule has 0 heterocycles. The minimum Gasteiger partial charge on any atom is -0.480 e. The molecule has 0 saturated carbocycles. The fraction of sp³-hybridized carbons (Fsp3) is 0.200. The third kappa shape index (κ3) is 3.68. The lowest BCUT2D eigenvalue weighted by molar-refractivity contribution is -0.139. The number of aliphatic carboxylic acids is 1. The number of para-hydroxylation sites is 1. The SMILES string of the molecule is NC(=O)CC(Nc1ccccc1)C(=O)O. The molecule has 0 aliphatic heterocycles. The van der Waals surface area contributed by atoms with Crippen molar-refractivity contribution >= 4 is 17.6 Å². The van der Waals surface area contributed by atoms with E-state index in [1.165, 1.54) is 0 Å². The van der Waals surface area contributed by atoms with Gasteiger partial charge < -0.3 is 16.2 Å². The van der Waals surface area contributed by atoms with E-state index in [0.29, 0.717) is 5.69 Å². The Bertz CT molecular complexity index is 351. The number of amides is 1. The van der Waals surface area contributed by atoms with E-state index < -0.39 is 17.9 Å². The van der Waals surface area contributed by atoms with Crippen molar-refractivity contribution in [3.63, 3.8) is 0 Å². The van der Waals surface area contributed by atoms with Crippen molar-refractivity contribution in [1.82, 2.24) is 0 Å². The van der Waals surface area contributed by atoms with Gasteiger partial charge in [-0.05, 0) is 12.1 Å². The van der Waals surface area contributed by atoms with Crippen molar-refractivity contribution in [2.24, 2.45) is 5.73 Å². The van der Waals surface area contributed by atoms with E-state index >= 15 is 0 Å². The molecule has 1 aromatic rings. The molecule has 0 aliphatic carbocycles. The van der Waals surface area contributed by atoms with Gasteiger partial charge in [0, 0.05) is 5.69 Å². The summed E-state index contributed by atoms with van der Waals surface area (Å²) in [5.74, 6) is -1.75. The molecule has 1 aromatic carbocycles. The van der Waals surface area contributed by atoms with Crippen molar-refractivity contribution in [3.8, 4) is 0 Å². The Balaban J connectivity index is 2.67. The average molecular weight is 208 g/mol. The van der Waals surface area contributed by atoms with E-state index in [-0.39, 0.29) is 6.42 Å². The normalized spacial score (nSPS) is 11.7. The van der Waals surface area contributed by atoms with Gasteiger partial charge in [-0.2, -0.15) is 0 Å². The lowest BCUT2D eigenvalue weighted by atomic mass is 10.2. The summed E-state index contributed by atoms with van der Waals surface area (Å²) in [6.07, 6.45) is -0.232. The molecular formula is C10H12N2O3. The summed E-state index contributed by atoms with van der Waals surface area (Å²) in [5, 5.41) is 11.5. The summed E-state index contributed by atoms with van der Waals surface area (Å²) >= 11 is 0. The van der Waals surface area contributed by atoms with E-state index in [0.717, 1.165) is 0 Å². The molecule has 0 aromatic heterocycles. The van der Waals surface area contributed by atoms with Crippen LogP contribution in [0.5, 0.6) is 0 Å². The van der Waals surface area contributed by atoms with Crippen LogP contribution in [0, 0.1) is 0 Å². The number of hydrogen-bond donors (Lipinski definition) is 3. The van der Waals surface area contributed by atoms with Crippen LogP contribution in [0.2, 0.25) is 0 Å². The molecule has 5 nitrogen and oxygen atoms in total. The smallest absolute Gasteiger partial charge is 0.326 e. The third-order valence-corrected chi connectivity index (χ3v) is 1.82. The van der Waals surface area contributed by atoms with Crippen LogP contribution < -0.4 is 11.1 Å². The zero-order valence-electron chi connectivity index (χ0n) is 8.01.